The summed E-state index contributed by atoms with van der Waals surface area (Å²) >= 11 is 0. The summed E-state index contributed by atoms with van der Waals surface area (Å²) in [5.41, 5.74) is 2.48. The lowest BCUT2D eigenvalue weighted by atomic mass is 9.96. The van der Waals surface area contributed by atoms with Gasteiger partial charge in [-0.2, -0.15) is 0 Å². The van der Waals surface area contributed by atoms with Crippen molar-refractivity contribution in [1.82, 2.24) is 15.1 Å². The number of piperazine rings is 1. The van der Waals surface area contributed by atoms with Gasteiger partial charge in [-0.1, -0.05) is 38.1 Å². The molecule has 0 saturated carbocycles. The first-order chi connectivity index (χ1) is 11.6. The zero-order valence-corrected chi connectivity index (χ0v) is 15.3. The monoisotopic (exact) mass is 329 g/mol. The molecule has 2 atom stereocenters. The molecule has 2 aliphatic rings. The Kier molecular flexibility index (Phi) is 5.57. The minimum absolute atomic E-state index is 0.138. The third-order valence-electron chi connectivity index (χ3n) is 5.45. The number of carbonyl (C=O) groups is 1. The van der Waals surface area contributed by atoms with Crippen LogP contribution < -0.4 is 5.32 Å². The van der Waals surface area contributed by atoms with E-state index in [9.17, 15) is 4.79 Å². The lowest BCUT2D eigenvalue weighted by Gasteiger charge is -2.40. The average molecular weight is 329 g/mol. The Morgan fingerprint density at radius 3 is 2.29 bits per heavy atom. The maximum absolute atomic E-state index is 13.3. The van der Waals surface area contributed by atoms with Crippen LogP contribution in [0.1, 0.15) is 56.7 Å². The fourth-order valence-electron chi connectivity index (χ4n) is 3.89. The van der Waals surface area contributed by atoms with Crippen molar-refractivity contribution in [2.75, 3.05) is 32.7 Å². The summed E-state index contributed by atoms with van der Waals surface area (Å²) in [4.78, 5) is 17.7. The van der Waals surface area contributed by atoms with Crippen molar-refractivity contribution < 1.29 is 4.79 Å². The first-order valence-corrected chi connectivity index (χ1v) is 9.43. The van der Waals surface area contributed by atoms with Gasteiger partial charge in [-0.25, -0.2) is 0 Å². The van der Waals surface area contributed by atoms with Gasteiger partial charge in [-0.3, -0.25) is 9.69 Å². The minimum Gasteiger partial charge on any atom is -0.341 e. The zero-order chi connectivity index (χ0) is 17.1. The van der Waals surface area contributed by atoms with E-state index >= 15 is 0 Å². The summed E-state index contributed by atoms with van der Waals surface area (Å²) in [6.07, 6.45) is 2.28. The van der Waals surface area contributed by atoms with Crippen molar-refractivity contribution in [2.24, 2.45) is 0 Å². The number of hydrogen-bond acceptors (Lipinski definition) is 3. The molecule has 2 aliphatic heterocycles. The first-order valence-electron chi connectivity index (χ1n) is 9.43. The Balaban J connectivity index is 1.89. The van der Waals surface area contributed by atoms with Crippen LogP contribution in [-0.4, -0.2) is 54.5 Å². The SMILES string of the molecule is CC(C)c1ccc(C(C(=O)N2CCCC2)N2CCNCC2C)cc1. The van der Waals surface area contributed by atoms with Crippen molar-refractivity contribution in [3.05, 3.63) is 35.4 Å². The van der Waals surface area contributed by atoms with Crippen LogP contribution >= 0.6 is 0 Å². The van der Waals surface area contributed by atoms with E-state index in [2.05, 4.69) is 60.2 Å². The molecule has 4 nitrogen and oxygen atoms in total. The summed E-state index contributed by atoms with van der Waals surface area (Å²) in [6, 6.07) is 8.96. The molecule has 4 heteroatoms. The molecule has 1 amide bonds. The second kappa shape index (κ2) is 7.66. The molecule has 2 fully saturated rings. The van der Waals surface area contributed by atoms with Crippen LogP contribution in [0.2, 0.25) is 0 Å². The van der Waals surface area contributed by atoms with E-state index < -0.39 is 0 Å². The van der Waals surface area contributed by atoms with Crippen molar-refractivity contribution in [3.8, 4) is 0 Å². The van der Waals surface area contributed by atoms with Crippen LogP contribution in [0.25, 0.3) is 0 Å². The highest BCUT2D eigenvalue weighted by Gasteiger charge is 2.35. The molecular weight excluding hydrogens is 298 g/mol. The molecule has 132 valence electrons. The molecule has 0 aromatic heterocycles. The fourth-order valence-corrected chi connectivity index (χ4v) is 3.89. The summed E-state index contributed by atoms with van der Waals surface area (Å²) in [7, 11) is 0. The van der Waals surface area contributed by atoms with Crippen molar-refractivity contribution >= 4 is 5.91 Å². The van der Waals surface area contributed by atoms with Crippen LogP contribution in [0, 0.1) is 0 Å². The van der Waals surface area contributed by atoms with E-state index in [1.54, 1.807) is 0 Å². The lowest BCUT2D eigenvalue weighted by molar-refractivity contribution is -0.137. The van der Waals surface area contributed by atoms with Gasteiger partial charge < -0.3 is 10.2 Å². The smallest absolute Gasteiger partial charge is 0.244 e. The summed E-state index contributed by atoms with van der Waals surface area (Å²) in [5.74, 6) is 0.809. The molecule has 0 aliphatic carbocycles. The predicted octanol–water partition coefficient (Wildman–Crippen LogP) is 2.77. The molecule has 1 aromatic rings. The molecule has 1 aromatic carbocycles. The van der Waals surface area contributed by atoms with E-state index in [-0.39, 0.29) is 6.04 Å². The van der Waals surface area contributed by atoms with Gasteiger partial charge in [0.15, 0.2) is 0 Å². The molecule has 2 saturated heterocycles. The Hall–Kier alpha value is -1.39. The predicted molar refractivity (Wildman–Crippen MR) is 98.1 cm³/mol. The van der Waals surface area contributed by atoms with Gasteiger partial charge in [0.1, 0.15) is 6.04 Å². The van der Waals surface area contributed by atoms with E-state index in [1.165, 1.54) is 5.56 Å². The molecule has 0 spiro atoms. The van der Waals surface area contributed by atoms with Crippen LogP contribution in [0.4, 0.5) is 0 Å². The van der Waals surface area contributed by atoms with Crippen LogP contribution in [0.15, 0.2) is 24.3 Å². The largest absolute Gasteiger partial charge is 0.341 e. The topological polar surface area (TPSA) is 35.6 Å². The van der Waals surface area contributed by atoms with Gasteiger partial charge >= 0.3 is 0 Å². The number of likely N-dealkylation sites (tertiary alicyclic amines) is 1. The molecule has 3 rings (SSSR count). The highest BCUT2D eigenvalue weighted by atomic mass is 16.2. The molecular formula is C20H31N3O. The van der Waals surface area contributed by atoms with Gasteiger partial charge in [0.05, 0.1) is 0 Å². The number of nitrogens with zero attached hydrogens (tertiary/aromatic N) is 2. The van der Waals surface area contributed by atoms with Crippen molar-refractivity contribution in [1.29, 1.82) is 0 Å². The highest BCUT2D eigenvalue weighted by Crippen LogP contribution is 2.29. The third-order valence-corrected chi connectivity index (χ3v) is 5.45. The minimum atomic E-state index is -0.138. The molecule has 1 N–H and O–H groups in total. The number of carbonyl (C=O) groups excluding carboxylic acids is 1. The molecule has 0 bridgehead atoms. The quantitative estimate of drug-likeness (QED) is 0.923. The number of benzene rings is 1. The van der Waals surface area contributed by atoms with Gasteiger partial charge in [-0.05, 0) is 36.8 Å². The second-order valence-corrected chi connectivity index (χ2v) is 7.55. The highest BCUT2D eigenvalue weighted by molar-refractivity contribution is 5.83. The number of rotatable bonds is 4. The van der Waals surface area contributed by atoms with E-state index in [0.717, 1.165) is 51.1 Å². The number of nitrogens with one attached hydrogen (secondary N) is 1. The normalized spacial score (nSPS) is 23.7. The van der Waals surface area contributed by atoms with Crippen LogP contribution in [0.5, 0.6) is 0 Å². The van der Waals surface area contributed by atoms with Crippen molar-refractivity contribution in [2.45, 2.75) is 51.6 Å². The molecule has 0 radical (unpaired) electrons. The van der Waals surface area contributed by atoms with E-state index in [4.69, 9.17) is 0 Å². The first kappa shape index (κ1) is 17.4. The fraction of sp³-hybridized carbons (Fsp3) is 0.650. The third kappa shape index (κ3) is 3.65. The van der Waals surface area contributed by atoms with Gasteiger partial charge in [-0.15, -0.1) is 0 Å². The molecule has 24 heavy (non-hydrogen) atoms. The number of hydrogen-bond donors (Lipinski definition) is 1. The van der Waals surface area contributed by atoms with Crippen molar-refractivity contribution in [3.63, 3.8) is 0 Å². The Labute approximate surface area is 146 Å². The van der Waals surface area contributed by atoms with Gasteiger partial charge in [0, 0.05) is 38.8 Å². The summed E-state index contributed by atoms with van der Waals surface area (Å²) in [6.45, 7) is 11.3. The molecule has 2 unspecified atom stereocenters. The molecule has 2 heterocycles. The zero-order valence-electron chi connectivity index (χ0n) is 15.3. The maximum atomic E-state index is 13.3. The Morgan fingerprint density at radius 2 is 1.71 bits per heavy atom. The van der Waals surface area contributed by atoms with E-state index in [1.807, 2.05) is 0 Å². The Morgan fingerprint density at radius 1 is 1.08 bits per heavy atom. The van der Waals surface area contributed by atoms with Crippen LogP contribution in [0.3, 0.4) is 0 Å². The number of amides is 1. The Bertz CT molecular complexity index is 549. The summed E-state index contributed by atoms with van der Waals surface area (Å²) < 4.78 is 0. The van der Waals surface area contributed by atoms with Gasteiger partial charge in [0.2, 0.25) is 5.91 Å². The standard InChI is InChI=1S/C20H31N3O/c1-15(2)17-6-8-18(9-7-17)19(20(24)22-11-4-5-12-22)23-13-10-21-14-16(23)3/h6-9,15-16,19,21H,4-5,10-14H2,1-3H3. The lowest BCUT2D eigenvalue weighted by Crippen LogP contribution is -2.54. The summed E-state index contributed by atoms with van der Waals surface area (Å²) in [5, 5.41) is 3.44. The van der Waals surface area contributed by atoms with E-state index in [0.29, 0.717) is 17.9 Å². The maximum Gasteiger partial charge on any atom is 0.244 e. The van der Waals surface area contributed by atoms with Crippen LogP contribution in [-0.2, 0) is 4.79 Å². The average Bonchev–Trinajstić information content (AvgIpc) is 3.12. The van der Waals surface area contributed by atoms with Gasteiger partial charge in [0.25, 0.3) is 0 Å². The second-order valence-electron chi connectivity index (χ2n) is 7.55.